The van der Waals surface area contributed by atoms with E-state index in [4.69, 9.17) is 0 Å². The molecule has 0 spiro atoms. The molecule has 4 rings (SSSR count). The van der Waals surface area contributed by atoms with Crippen LogP contribution in [0.25, 0.3) is 11.0 Å². The van der Waals surface area contributed by atoms with Gasteiger partial charge >= 0.3 is 6.36 Å². The summed E-state index contributed by atoms with van der Waals surface area (Å²) in [5.41, 5.74) is -0.158. The number of benzene rings is 1. The highest BCUT2D eigenvalue weighted by atomic mass is 19.4. The Kier molecular flexibility index (Phi) is 4.39. The minimum absolute atomic E-state index is 0.00720. The zero-order valence-corrected chi connectivity index (χ0v) is 15.0. The molecule has 1 atom stereocenters. The molecule has 0 aliphatic heterocycles. The normalized spacial score (nSPS) is 15.5. The number of aromatic nitrogens is 4. The Morgan fingerprint density at radius 1 is 1.34 bits per heavy atom. The van der Waals surface area contributed by atoms with Crippen molar-refractivity contribution in [1.82, 2.24) is 19.7 Å². The number of hydrogen-bond donors (Lipinski definition) is 1. The molecule has 1 aliphatic carbocycles. The summed E-state index contributed by atoms with van der Waals surface area (Å²) in [6, 6.07) is 2.54. The Labute approximate surface area is 160 Å². The van der Waals surface area contributed by atoms with Crippen LogP contribution in [0.3, 0.4) is 0 Å². The zero-order valence-electron chi connectivity index (χ0n) is 15.0. The largest absolute Gasteiger partial charge is 0.573 e. The van der Waals surface area contributed by atoms with Crippen molar-refractivity contribution in [3.63, 3.8) is 0 Å². The van der Waals surface area contributed by atoms with Crippen molar-refractivity contribution in [1.29, 1.82) is 0 Å². The molecular weight excluding hydrogens is 396 g/mol. The molecule has 11 heteroatoms. The third-order valence-corrected chi connectivity index (χ3v) is 4.67. The molecule has 1 N–H and O–H groups in total. The summed E-state index contributed by atoms with van der Waals surface area (Å²) in [5.74, 6) is -1.82. The van der Waals surface area contributed by atoms with E-state index < -0.39 is 29.5 Å². The number of H-pyrrole nitrogens is 1. The van der Waals surface area contributed by atoms with Gasteiger partial charge in [-0.15, -0.1) is 13.2 Å². The number of hydrogen-bond acceptors (Lipinski definition) is 5. The number of aryl methyl sites for hydroxylation is 1. The van der Waals surface area contributed by atoms with Crippen LogP contribution in [0, 0.1) is 18.7 Å². The van der Waals surface area contributed by atoms with Crippen molar-refractivity contribution >= 4 is 17.3 Å². The van der Waals surface area contributed by atoms with Gasteiger partial charge in [0.1, 0.15) is 16.9 Å². The standard InChI is InChI=1S/C18H14F4N4O3/c1-8-23-16-14(17(28)24-8)12(7-27)25-26(16)15(9-2-3-9)10-4-5-13(11(19)6-10)29-18(20,21)22/h4-7,9,15H,2-3H2,1H3,(H,23,24,28). The van der Waals surface area contributed by atoms with Gasteiger partial charge in [0.2, 0.25) is 0 Å². The molecule has 0 saturated heterocycles. The first kappa shape index (κ1) is 19.1. The summed E-state index contributed by atoms with van der Waals surface area (Å²) >= 11 is 0. The molecule has 0 bridgehead atoms. The maximum absolute atomic E-state index is 14.3. The minimum atomic E-state index is -5.02. The van der Waals surface area contributed by atoms with E-state index in [0.717, 1.165) is 25.0 Å². The van der Waals surface area contributed by atoms with E-state index in [0.29, 0.717) is 17.7 Å². The van der Waals surface area contributed by atoms with Crippen molar-refractivity contribution in [2.45, 2.75) is 32.2 Å². The molecule has 1 unspecified atom stereocenters. The SMILES string of the molecule is Cc1nc2c(c(C=O)nn2C(c2ccc(OC(F)(F)F)c(F)c2)C2CC2)c(=O)[nH]1. The van der Waals surface area contributed by atoms with E-state index in [1.54, 1.807) is 6.92 Å². The van der Waals surface area contributed by atoms with Gasteiger partial charge in [-0.2, -0.15) is 5.10 Å². The number of rotatable bonds is 5. The van der Waals surface area contributed by atoms with Gasteiger partial charge in [-0.3, -0.25) is 9.59 Å². The van der Waals surface area contributed by atoms with E-state index >= 15 is 0 Å². The number of carbonyl (C=O) groups excluding carboxylic acids is 1. The molecule has 2 heterocycles. The van der Waals surface area contributed by atoms with E-state index in [9.17, 15) is 27.2 Å². The molecule has 0 radical (unpaired) electrons. The number of aromatic amines is 1. The molecular formula is C18H14F4N4O3. The quantitative estimate of drug-likeness (QED) is 0.515. The third-order valence-electron chi connectivity index (χ3n) is 4.67. The highest BCUT2D eigenvalue weighted by molar-refractivity contribution is 5.93. The maximum Gasteiger partial charge on any atom is 0.573 e. The number of carbonyl (C=O) groups is 1. The van der Waals surface area contributed by atoms with Crippen LogP contribution >= 0.6 is 0 Å². The van der Waals surface area contributed by atoms with Crippen LogP contribution in [0.5, 0.6) is 5.75 Å². The van der Waals surface area contributed by atoms with Crippen molar-refractivity contribution in [3.05, 3.63) is 51.5 Å². The lowest BCUT2D eigenvalue weighted by atomic mass is 10.0. The fraction of sp³-hybridized carbons (Fsp3) is 0.333. The van der Waals surface area contributed by atoms with Crippen molar-refractivity contribution in [2.75, 3.05) is 0 Å². The monoisotopic (exact) mass is 410 g/mol. The molecule has 1 aliphatic rings. The fourth-order valence-corrected chi connectivity index (χ4v) is 3.39. The lowest BCUT2D eigenvalue weighted by molar-refractivity contribution is -0.275. The van der Waals surface area contributed by atoms with Gasteiger partial charge in [0.25, 0.3) is 5.56 Å². The van der Waals surface area contributed by atoms with E-state index in [1.165, 1.54) is 10.7 Å². The van der Waals surface area contributed by atoms with Crippen LogP contribution in [0.2, 0.25) is 0 Å². The van der Waals surface area contributed by atoms with Gasteiger partial charge in [-0.25, -0.2) is 14.1 Å². The topological polar surface area (TPSA) is 89.9 Å². The minimum Gasteiger partial charge on any atom is -0.403 e. The summed E-state index contributed by atoms with van der Waals surface area (Å²) in [6.45, 7) is 1.56. The zero-order chi connectivity index (χ0) is 20.9. The second-order valence-electron chi connectivity index (χ2n) is 6.82. The number of halogens is 4. The van der Waals surface area contributed by atoms with Crippen molar-refractivity contribution < 1.29 is 27.1 Å². The van der Waals surface area contributed by atoms with Gasteiger partial charge < -0.3 is 9.72 Å². The molecule has 1 saturated carbocycles. The number of nitrogens with one attached hydrogen (secondary N) is 1. The first-order chi connectivity index (χ1) is 13.7. The van der Waals surface area contributed by atoms with E-state index in [1.807, 2.05) is 0 Å². The van der Waals surface area contributed by atoms with Crippen molar-refractivity contribution in [3.8, 4) is 5.75 Å². The van der Waals surface area contributed by atoms with Crippen LogP contribution in [-0.2, 0) is 0 Å². The highest BCUT2D eigenvalue weighted by Gasteiger charge is 2.37. The van der Waals surface area contributed by atoms with Crippen LogP contribution in [0.1, 0.15) is 40.8 Å². The first-order valence-electron chi connectivity index (χ1n) is 8.67. The van der Waals surface area contributed by atoms with E-state index in [-0.39, 0.29) is 22.6 Å². The van der Waals surface area contributed by atoms with Crippen LogP contribution < -0.4 is 10.3 Å². The summed E-state index contributed by atoms with van der Waals surface area (Å²) in [6.07, 6.45) is -3.05. The van der Waals surface area contributed by atoms with Crippen molar-refractivity contribution in [2.24, 2.45) is 5.92 Å². The number of aldehydes is 1. The highest BCUT2D eigenvalue weighted by Crippen LogP contribution is 2.45. The first-order valence-corrected chi connectivity index (χ1v) is 8.67. The lowest BCUT2D eigenvalue weighted by Gasteiger charge is -2.19. The van der Waals surface area contributed by atoms with Gasteiger partial charge in [0.15, 0.2) is 23.5 Å². The molecule has 152 valence electrons. The predicted molar refractivity (Wildman–Crippen MR) is 92.2 cm³/mol. The van der Waals surface area contributed by atoms with Gasteiger partial charge in [0, 0.05) is 0 Å². The summed E-state index contributed by atoms with van der Waals surface area (Å²) in [7, 11) is 0. The molecule has 29 heavy (non-hydrogen) atoms. The average Bonchev–Trinajstić information content (AvgIpc) is 3.38. The van der Waals surface area contributed by atoms with Crippen LogP contribution in [-0.4, -0.2) is 32.4 Å². The third kappa shape index (κ3) is 3.59. The smallest absolute Gasteiger partial charge is 0.403 e. The average molecular weight is 410 g/mol. The Morgan fingerprint density at radius 2 is 2.07 bits per heavy atom. The molecule has 1 aromatic carbocycles. The molecule has 1 fully saturated rings. The number of nitrogens with zero attached hydrogens (tertiary/aromatic N) is 3. The summed E-state index contributed by atoms with van der Waals surface area (Å²) in [5, 5.41) is 4.20. The van der Waals surface area contributed by atoms with Gasteiger partial charge in [0.05, 0.1) is 6.04 Å². The van der Waals surface area contributed by atoms with Gasteiger partial charge in [-0.05, 0) is 43.4 Å². The second kappa shape index (κ2) is 6.68. The molecule has 3 aromatic rings. The summed E-state index contributed by atoms with van der Waals surface area (Å²) in [4.78, 5) is 30.5. The lowest BCUT2D eigenvalue weighted by Crippen LogP contribution is -2.19. The van der Waals surface area contributed by atoms with Crippen LogP contribution in [0.15, 0.2) is 23.0 Å². The molecule has 0 amide bonds. The van der Waals surface area contributed by atoms with E-state index in [2.05, 4.69) is 19.8 Å². The molecule has 2 aromatic heterocycles. The number of fused-ring (bicyclic) bond motifs is 1. The second-order valence-corrected chi connectivity index (χ2v) is 6.82. The Hall–Kier alpha value is -3.24. The summed E-state index contributed by atoms with van der Waals surface area (Å²) < 4.78 is 56.5. The fourth-order valence-electron chi connectivity index (χ4n) is 3.39. The Balaban J connectivity index is 1.85. The number of alkyl halides is 3. The molecule has 7 nitrogen and oxygen atoms in total. The Morgan fingerprint density at radius 3 is 2.66 bits per heavy atom. The number of ether oxygens (including phenoxy) is 1. The van der Waals surface area contributed by atoms with Crippen LogP contribution in [0.4, 0.5) is 17.6 Å². The maximum atomic E-state index is 14.3. The predicted octanol–water partition coefficient (Wildman–Crippen LogP) is 3.28. The Bertz CT molecular complexity index is 1160. The van der Waals surface area contributed by atoms with Gasteiger partial charge in [-0.1, -0.05) is 6.07 Å².